The Morgan fingerprint density at radius 1 is 1.16 bits per heavy atom. The first-order valence-electron chi connectivity index (χ1n) is 9.65. The molecule has 0 N–H and O–H groups in total. The van der Waals surface area contributed by atoms with Crippen LogP contribution in [0.4, 0.5) is 10.1 Å². The van der Waals surface area contributed by atoms with Crippen LogP contribution in [0.1, 0.15) is 39.5 Å². The molecule has 2 unspecified atom stereocenters. The van der Waals surface area contributed by atoms with Crippen LogP contribution in [0.2, 0.25) is 0 Å². The molecule has 25 heavy (non-hydrogen) atoms. The molecule has 2 atom stereocenters. The second kappa shape index (κ2) is 8.17. The van der Waals surface area contributed by atoms with Crippen molar-refractivity contribution in [2.75, 3.05) is 37.6 Å². The van der Waals surface area contributed by atoms with Gasteiger partial charge in [0.1, 0.15) is 5.82 Å². The molecule has 5 heteroatoms. The minimum Gasteiger partial charge on any atom is -0.367 e. The van der Waals surface area contributed by atoms with Crippen LogP contribution in [0.15, 0.2) is 24.3 Å². The summed E-state index contributed by atoms with van der Waals surface area (Å²) >= 11 is 0. The number of hydrogen-bond acceptors (Lipinski definition) is 3. The molecular weight excluding hydrogens is 317 g/mol. The summed E-state index contributed by atoms with van der Waals surface area (Å²) in [4.78, 5) is 19.4. The van der Waals surface area contributed by atoms with Gasteiger partial charge in [0.05, 0.1) is 11.7 Å². The molecule has 0 radical (unpaired) electrons. The molecule has 0 saturated carbocycles. The number of piperidine rings is 1. The predicted octanol–water partition coefficient (Wildman–Crippen LogP) is 3.13. The first-order valence-corrected chi connectivity index (χ1v) is 9.65. The number of likely N-dealkylation sites (tertiary alicyclic amines) is 1. The highest BCUT2D eigenvalue weighted by atomic mass is 19.1. The van der Waals surface area contributed by atoms with Crippen LogP contribution in [0.5, 0.6) is 0 Å². The molecular formula is C20H30FN3O. The van der Waals surface area contributed by atoms with Crippen molar-refractivity contribution < 1.29 is 9.18 Å². The van der Waals surface area contributed by atoms with Crippen molar-refractivity contribution >= 4 is 11.6 Å². The van der Waals surface area contributed by atoms with E-state index in [2.05, 4.69) is 21.6 Å². The number of hydrogen-bond donors (Lipinski definition) is 0. The maximum absolute atomic E-state index is 14.0. The van der Waals surface area contributed by atoms with E-state index in [1.54, 1.807) is 6.07 Å². The maximum atomic E-state index is 14.0. The lowest BCUT2D eigenvalue weighted by atomic mass is 9.99. The van der Waals surface area contributed by atoms with E-state index in [0.717, 1.165) is 52.0 Å². The van der Waals surface area contributed by atoms with Gasteiger partial charge in [-0.25, -0.2) is 4.39 Å². The number of anilines is 1. The molecule has 138 valence electrons. The summed E-state index contributed by atoms with van der Waals surface area (Å²) in [5.74, 6) is 0.102. The van der Waals surface area contributed by atoms with Gasteiger partial charge in [-0.1, -0.05) is 19.1 Å². The number of rotatable bonds is 4. The Morgan fingerprint density at radius 2 is 1.88 bits per heavy atom. The van der Waals surface area contributed by atoms with Crippen molar-refractivity contribution in [2.45, 2.75) is 51.6 Å². The maximum Gasteiger partial charge on any atom is 0.239 e. The van der Waals surface area contributed by atoms with Gasteiger partial charge in [0.2, 0.25) is 5.91 Å². The number of para-hydroxylation sites is 1. The van der Waals surface area contributed by atoms with E-state index in [1.807, 2.05) is 19.1 Å². The quantitative estimate of drug-likeness (QED) is 0.837. The van der Waals surface area contributed by atoms with Crippen LogP contribution < -0.4 is 4.90 Å². The van der Waals surface area contributed by atoms with Crippen LogP contribution in [0.25, 0.3) is 0 Å². The summed E-state index contributed by atoms with van der Waals surface area (Å²) in [5.41, 5.74) is 0.670. The highest BCUT2D eigenvalue weighted by Crippen LogP contribution is 2.23. The molecule has 0 aromatic heterocycles. The fraction of sp³-hybridized carbons (Fsp3) is 0.650. The van der Waals surface area contributed by atoms with Crippen molar-refractivity contribution in [3.8, 4) is 0 Å². The second-order valence-electron chi connectivity index (χ2n) is 7.24. The smallest absolute Gasteiger partial charge is 0.239 e. The van der Waals surface area contributed by atoms with Gasteiger partial charge in [-0.05, 0) is 44.7 Å². The lowest BCUT2D eigenvalue weighted by Gasteiger charge is -2.42. The van der Waals surface area contributed by atoms with Gasteiger partial charge in [0.25, 0.3) is 0 Å². The number of halogens is 1. The Balaban J connectivity index is 1.58. The number of amides is 1. The summed E-state index contributed by atoms with van der Waals surface area (Å²) in [6.07, 6.45) is 4.53. The molecule has 4 nitrogen and oxygen atoms in total. The zero-order chi connectivity index (χ0) is 17.8. The SMILES string of the molecule is CCC1CCCCN1C(=O)C(C)N1CCN(c2ccccc2F)CC1. The Labute approximate surface area is 150 Å². The predicted molar refractivity (Wildman–Crippen MR) is 99.3 cm³/mol. The van der Waals surface area contributed by atoms with Gasteiger partial charge in [-0.2, -0.15) is 0 Å². The summed E-state index contributed by atoms with van der Waals surface area (Å²) in [6.45, 7) is 8.22. The molecule has 2 fully saturated rings. The molecule has 0 bridgehead atoms. The van der Waals surface area contributed by atoms with Crippen LogP contribution in [0, 0.1) is 5.82 Å². The minimum atomic E-state index is -0.167. The van der Waals surface area contributed by atoms with Gasteiger partial charge < -0.3 is 9.80 Å². The molecule has 3 rings (SSSR count). The summed E-state index contributed by atoms with van der Waals surface area (Å²) in [5, 5.41) is 0. The van der Waals surface area contributed by atoms with Crippen LogP contribution in [-0.2, 0) is 4.79 Å². The third-order valence-electron chi connectivity index (χ3n) is 5.79. The fourth-order valence-electron chi connectivity index (χ4n) is 4.17. The molecule has 2 aliphatic rings. The number of nitrogens with zero attached hydrogens (tertiary/aromatic N) is 3. The topological polar surface area (TPSA) is 26.8 Å². The third-order valence-corrected chi connectivity index (χ3v) is 5.79. The summed E-state index contributed by atoms with van der Waals surface area (Å²) < 4.78 is 14.0. The Kier molecular flexibility index (Phi) is 5.94. The molecule has 2 saturated heterocycles. The Bertz CT molecular complexity index is 586. The van der Waals surface area contributed by atoms with Gasteiger partial charge in [-0.3, -0.25) is 9.69 Å². The molecule has 1 amide bonds. The van der Waals surface area contributed by atoms with E-state index in [9.17, 15) is 9.18 Å². The molecule has 0 aliphatic carbocycles. The van der Waals surface area contributed by atoms with Crippen molar-refractivity contribution in [2.24, 2.45) is 0 Å². The van der Waals surface area contributed by atoms with E-state index < -0.39 is 0 Å². The van der Waals surface area contributed by atoms with Crippen LogP contribution in [-0.4, -0.2) is 60.5 Å². The number of carbonyl (C=O) groups excluding carboxylic acids is 1. The second-order valence-corrected chi connectivity index (χ2v) is 7.24. The highest BCUT2D eigenvalue weighted by molar-refractivity contribution is 5.82. The van der Waals surface area contributed by atoms with Crippen LogP contribution >= 0.6 is 0 Å². The van der Waals surface area contributed by atoms with Crippen molar-refractivity contribution in [3.05, 3.63) is 30.1 Å². The van der Waals surface area contributed by atoms with Gasteiger partial charge in [0.15, 0.2) is 0 Å². The van der Waals surface area contributed by atoms with Crippen LogP contribution in [0.3, 0.4) is 0 Å². The zero-order valence-electron chi connectivity index (χ0n) is 15.5. The monoisotopic (exact) mass is 347 g/mol. The fourth-order valence-corrected chi connectivity index (χ4v) is 4.17. The Hall–Kier alpha value is -1.62. The molecule has 2 heterocycles. The number of piperazine rings is 1. The molecule has 1 aromatic carbocycles. The highest BCUT2D eigenvalue weighted by Gasteiger charge is 2.32. The number of benzene rings is 1. The van der Waals surface area contributed by atoms with Crippen molar-refractivity contribution in [3.63, 3.8) is 0 Å². The first kappa shape index (κ1) is 18.2. The van der Waals surface area contributed by atoms with E-state index in [0.29, 0.717) is 11.7 Å². The molecule has 0 spiro atoms. The molecule has 1 aromatic rings. The van der Waals surface area contributed by atoms with E-state index >= 15 is 0 Å². The van der Waals surface area contributed by atoms with E-state index in [1.165, 1.54) is 12.5 Å². The zero-order valence-corrected chi connectivity index (χ0v) is 15.5. The largest absolute Gasteiger partial charge is 0.367 e. The lowest BCUT2D eigenvalue weighted by molar-refractivity contribution is -0.140. The normalized spacial score (nSPS) is 23.6. The lowest BCUT2D eigenvalue weighted by Crippen LogP contribution is -2.56. The minimum absolute atomic E-state index is 0.0880. The van der Waals surface area contributed by atoms with E-state index in [-0.39, 0.29) is 17.8 Å². The standard InChI is InChI=1S/C20H30FN3O/c1-3-17-8-6-7-11-24(17)20(25)16(2)22-12-14-23(15-13-22)19-10-5-4-9-18(19)21/h4-5,9-10,16-17H,3,6-8,11-15H2,1-2H3. The average molecular weight is 347 g/mol. The third kappa shape index (κ3) is 3.97. The number of carbonyl (C=O) groups is 1. The summed E-state index contributed by atoms with van der Waals surface area (Å²) in [6, 6.07) is 7.25. The van der Waals surface area contributed by atoms with Crippen molar-refractivity contribution in [1.82, 2.24) is 9.80 Å². The van der Waals surface area contributed by atoms with Gasteiger partial charge >= 0.3 is 0 Å². The average Bonchev–Trinajstić information content (AvgIpc) is 2.67. The van der Waals surface area contributed by atoms with E-state index in [4.69, 9.17) is 0 Å². The van der Waals surface area contributed by atoms with Gasteiger partial charge in [-0.15, -0.1) is 0 Å². The molecule has 2 aliphatic heterocycles. The van der Waals surface area contributed by atoms with Gasteiger partial charge in [0, 0.05) is 38.8 Å². The summed E-state index contributed by atoms with van der Waals surface area (Å²) in [7, 11) is 0. The van der Waals surface area contributed by atoms with Crippen molar-refractivity contribution in [1.29, 1.82) is 0 Å². The Morgan fingerprint density at radius 3 is 2.56 bits per heavy atom. The first-order chi connectivity index (χ1) is 12.1.